The molecule has 3 atom stereocenters. The van der Waals surface area contributed by atoms with Gasteiger partial charge in [-0.2, -0.15) is 9.97 Å². The number of rotatable bonds is 20. The molecule has 35 heteroatoms. The first-order valence-electron chi connectivity index (χ1n) is 42.3. The lowest BCUT2D eigenvalue weighted by atomic mass is 9.91. The van der Waals surface area contributed by atoms with Crippen LogP contribution >= 0.6 is 11.6 Å². The van der Waals surface area contributed by atoms with Crippen LogP contribution in [0.4, 0.5) is 23.5 Å². The van der Waals surface area contributed by atoms with Gasteiger partial charge in [0.2, 0.25) is 31.1 Å². The van der Waals surface area contributed by atoms with E-state index in [9.17, 15) is 56.5 Å². The molecule has 29 nitrogen and oxygen atoms in total. The lowest BCUT2D eigenvalue weighted by Crippen LogP contribution is -2.30. The second kappa shape index (κ2) is 47.3. The Bertz CT molecular complexity index is 5290. The van der Waals surface area contributed by atoms with Gasteiger partial charge in [-0.3, -0.25) is 14.4 Å². The van der Waals surface area contributed by atoms with E-state index in [0.29, 0.717) is 45.5 Å². The third-order valence-electron chi connectivity index (χ3n) is 22.7. The molecule has 7 heterocycles. The summed E-state index contributed by atoms with van der Waals surface area (Å²) in [6.07, 6.45) is 38.2. The normalized spacial score (nSPS) is 18.2. The molecule has 0 radical (unpaired) electrons. The minimum Gasteiger partial charge on any atom is -0.496 e. The predicted octanol–water partition coefficient (Wildman–Crippen LogP) is 15.3. The van der Waals surface area contributed by atoms with Gasteiger partial charge in [-0.1, -0.05) is 106 Å². The van der Waals surface area contributed by atoms with Crippen molar-refractivity contribution >= 4 is 109 Å². The molecule has 4 fully saturated rings. The van der Waals surface area contributed by atoms with Crippen LogP contribution in [0.3, 0.4) is 0 Å². The van der Waals surface area contributed by atoms with Crippen LogP contribution < -0.4 is 45.0 Å². The number of allylic oxidation sites excluding steroid dienone is 2. The number of carbonyl (C=O) groups is 3. The van der Waals surface area contributed by atoms with Crippen LogP contribution in [0.15, 0.2) is 145 Å². The van der Waals surface area contributed by atoms with E-state index in [0.717, 1.165) is 230 Å². The maximum absolute atomic E-state index is 11.9. The van der Waals surface area contributed by atoms with Gasteiger partial charge in [0.1, 0.15) is 45.5 Å². The van der Waals surface area contributed by atoms with Gasteiger partial charge in [0, 0.05) is 110 Å². The lowest BCUT2D eigenvalue weighted by molar-refractivity contribution is -0.120. The first kappa shape index (κ1) is 101. The monoisotopic (exact) mass is 1840 g/mol. The molecule has 5 aliphatic heterocycles. The van der Waals surface area contributed by atoms with Crippen LogP contribution in [0.25, 0.3) is 5.70 Å². The smallest absolute Gasteiger partial charge is 0.222 e. The molecule has 3 saturated heterocycles. The fourth-order valence-electron chi connectivity index (χ4n) is 16.3. The van der Waals surface area contributed by atoms with Crippen molar-refractivity contribution < 1.29 is 80.2 Å². The van der Waals surface area contributed by atoms with E-state index in [-0.39, 0.29) is 49.6 Å². The molecule has 0 spiro atoms. The Kier molecular flexibility index (Phi) is 38.1. The van der Waals surface area contributed by atoms with Crippen molar-refractivity contribution in [1.29, 1.82) is 0 Å². The number of nitrogens with zero attached hydrogens (tertiary/aromatic N) is 9. The van der Waals surface area contributed by atoms with Gasteiger partial charge in [-0.15, -0.1) is 0 Å². The number of hydrogen-bond acceptors (Lipinski definition) is 26. The van der Waals surface area contributed by atoms with Gasteiger partial charge in [0.15, 0.2) is 49.2 Å². The Balaban J connectivity index is 0.000000189. The number of anilines is 4. The number of likely N-dealkylation sites (tertiary alicyclic amines) is 1. The number of hydrogen-bond donors (Lipinski definition) is 2. The first-order valence-corrected chi connectivity index (χ1v) is 52.1. The highest BCUT2D eigenvalue weighted by Gasteiger charge is 2.32. The number of benzene rings is 5. The maximum atomic E-state index is 11.9. The van der Waals surface area contributed by atoms with Crippen molar-refractivity contribution in [2.75, 3.05) is 121 Å². The predicted molar refractivity (Wildman–Crippen MR) is 490 cm³/mol. The molecule has 5 aromatic carbocycles. The molecule has 2 unspecified atom stereocenters. The zero-order valence-corrected chi connectivity index (χ0v) is 78.8. The summed E-state index contributed by atoms with van der Waals surface area (Å²) in [6, 6.07) is 29.0. The standard InChI is InChI=1S/2C19H26N4O3S.C15H21NO4S.C15H19NO4S.C15H22O3S.C7H10ClNO/c2*1-13-11-18(22-19(20)21-13)23-10-6-4-5-7-16(23)15-9-8-14(27(3,24)25)12-17(15)26-2;2*1-20-15-10-12(21(2,18)19)7-8-13(15)14-6-4-3-5-9-16(14)11-17;1-18-15-11-13(19(2,16)17)9-10-14(15)12-7-5-3-4-6-8-12;8-7-4-2-1-3-5-9(7)6-10/h2*8-9,11-12,16H,4-7,10H2,1-3H3,(H2,20,21,22);7-8,10-11,14H,3-6,9H2,1-2H3;6-8,10-11H,3-5,9H2,1-2H3;9-12H,3-8H2,1-2H3;4,6H,1-3,5H2/t16-;;;;;/m0...../s1. The second-order valence-electron chi connectivity index (χ2n) is 32.0. The molecule has 125 heavy (non-hydrogen) atoms. The summed E-state index contributed by atoms with van der Waals surface area (Å²) in [7, 11) is -8.57. The van der Waals surface area contributed by atoms with E-state index in [1.54, 1.807) is 97.9 Å². The first-order chi connectivity index (χ1) is 59.4. The lowest BCUT2D eigenvalue weighted by Gasteiger charge is -2.32. The summed E-state index contributed by atoms with van der Waals surface area (Å²) in [5.74, 6) is 5.46. The van der Waals surface area contributed by atoms with E-state index in [1.807, 2.05) is 56.3 Å². The van der Waals surface area contributed by atoms with Crippen LogP contribution in [0.5, 0.6) is 28.7 Å². The van der Waals surface area contributed by atoms with Crippen molar-refractivity contribution in [1.82, 2.24) is 34.6 Å². The van der Waals surface area contributed by atoms with Crippen LogP contribution in [0.1, 0.15) is 217 Å². The molecule has 684 valence electrons. The number of ether oxygens (including phenoxy) is 5. The number of aryl methyl sites for hydroxylation is 2. The average Bonchev–Trinajstić information content (AvgIpc) is 1.75. The third-order valence-corrected chi connectivity index (χ3v) is 28.6. The number of methoxy groups -OCH3 is 5. The van der Waals surface area contributed by atoms with Crippen molar-refractivity contribution in [3.63, 3.8) is 0 Å². The average molecular weight is 1840 g/mol. The molecular formula is C90H124ClN11O18S5. The van der Waals surface area contributed by atoms with Crippen molar-refractivity contribution in [3.05, 3.63) is 160 Å². The Morgan fingerprint density at radius 1 is 0.360 bits per heavy atom. The van der Waals surface area contributed by atoms with E-state index < -0.39 is 49.2 Å². The zero-order valence-electron chi connectivity index (χ0n) is 74.0. The van der Waals surface area contributed by atoms with Crippen LogP contribution in [-0.4, -0.2) is 196 Å². The van der Waals surface area contributed by atoms with Crippen LogP contribution in [0.2, 0.25) is 0 Å². The van der Waals surface area contributed by atoms with Gasteiger partial charge >= 0.3 is 0 Å². The minimum absolute atomic E-state index is 0.0322. The summed E-state index contributed by atoms with van der Waals surface area (Å²) >= 11 is 5.74. The van der Waals surface area contributed by atoms with Gasteiger partial charge in [-0.25, -0.2) is 52.1 Å². The molecule has 2 aromatic heterocycles. The number of halogens is 1. The Hall–Kier alpha value is -9.61. The van der Waals surface area contributed by atoms with E-state index >= 15 is 0 Å². The number of sulfone groups is 5. The number of nitrogens with two attached hydrogens (primary N) is 2. The van der Waals surface area contributed by atoms with Crippen LogP contribution in [0, 0.1) is 13.8 Å². The van der Waals surface area contributed by atoms with Gasteiger partial charge in [-0.05, 0) is 188 Å². The summed E-state index contributed by atoms with van der Waals surface area (Å²) in [4.78, 5) is 60.8. The zero-order chi connectivity index (χ0) is 91.4. The molecule has 1 aliphatic carbocycles. The third kappa shape index (κ3) is 29.2. The molecule has 13 rings (SSSR count). The molecule has 6 aliphatic rings. The number of carbonyl (C=O) groups excluding carboxylic acids is 3. The molecule has 4 N–H and O–H groups in total. The number of nitrogen functional groups attached to an aromatic ring is 2. The highest BCUT2D eigenvalue weighted by atomic mass is 35.5. The summed E-state index contributed by atoms with van der Waals surface area (Å²) < 4.78 is 145. The number of aromatic nitrogens is 4. The maximum Gasteiger partial charge on any atom is 0.222 e. The Morgan fingerprint density at radius 2 is 0.688 bits per heavy atom. The van der Waals surface area contributed by atoms with Crippen molar-refractivity contribution in [2.24, 2.45) is 0 Å². The largest absolute Gasteiger partial charge is 0.496 e. The van der Waals surface area contributed by atoms with Crippen molar-refractivity contribution in [2.45, 2.75) is 216 Å². The van der Waals surface area contributed by atoms with E-state index in [2.05, 4.69) is 29.7 Å². The van der Waals surface area contributed by atoms with E-state index in [1.165, 1.54) is 88.7 Å². The molecule has 7 aromatic rings. The molecule has 0 bridgehead atoms. The SMILES string of the molecule is COc1cc(S(C)(=O)=O)ccc1C1=CCCCCN1C=O.COc1cc(S(C)(=O)=O)ccc1C1CCCCCC1.COc1cc(S(C)(=O)=O)ccc1C1CCCCCN1C=O.COc1cc(S(C)(=O)=O)ccc1C1CCCCCN1c1cc(C)nc(N)n1.COc1cc(S(C)(=O)=O)ccc1[C@@H]1CCCCCN1c1cc(C)nc(N)n1.O=CN1CCCCC=C1Cl. The van der Waals surface area contributed by atoms with Gasteiger partial charge < -0.3 is 59.7 Å². The van der Waals surface area contributed by atoms with Crippen molar-refractivity contribution in [3.8, 4) is 28.7 Å². The van der Waals surface area contributed by atoms with Gasteiger partial charge in [0.05, 0.1) is 83.8 Å². The minimum atomic E-state index is -3.30. The van der Waals surface area contributed by atoms with E-state index in [4.69, 9.17) is 46.8 Å². The summed E-state index contributed by atoms with van der Waals surface area (Å²) in [5.41, 5.74) is 18.9. The quantitative estimate of drug-likeness (QED) is 0.0406. The molecule has 1 saturated carbocycles. The Morgan fingerprint density at radius 3 is 1.07 bits per heavy atom. The Labute approximate surface area is 744 Å². The fraction of sp³-hybridized carbons (Fsp3) is 0.500. The fourth-order valence-corrected chi connectivity index (χ4v) is 19.7. The van der Waals surface area contributed by atoms with Crippen LogP contribution in [-0.2, 0) is 63.6 Å². The summed E-state index contributed by atoms with van der Waals surface area (Å²) in [6.45, 7) is 7.64. The molecular weight excluding hydrogens is 1720 g/mol. The van der Waals surface area contributed by atoms with Gasteiger partial charge in [0.25, 0.3) is 0 Å². The topological polar surface area (TPSA) is 388 Å². The second-order valence-corrected chi connectivity index (χ2v) is 42.5. The highest BCUT2D eigenvalue weighted by Crippen LogP contribution is 2.44. The molecule has 3 amide bonds. The highest BCUT2D eigenvalue weighted by molar-refractivity contribution is 7.91. The number of amides is 3. The summed E-state index contributed by atoms with van der Waals surface area (Å²) in [5, 5.41) is 0.576.